The first-order valence-corrected chi connectivity index (χ1v) is 12.2. The largest absolute Gasteiger partial charge is 0.457 e. The quantitative estimate of drug-likeness (QED) is 0.433. The molecule has 3 rings (SSSR count). The van der Waals surface area contributed by atoms with Crippen LogP contribution in [0.2, 0.25) is 0 Å². The van der Waals surface area contributed by atoms with Gasteiger partial charge in [-0.3, -0.25) is 9.59 Å². The number of carbonyl (C=O) groups excluding carboxylic acids is 2. The Labute approximate surface area is 198 Å². The fourth-order valence-electron chi connectivity index (χ4n) is 3.14. The molecule has 2 N–H and O–H groups in total. The summed E-state index contributed by atoms with van der Waals surface area (Å²) in [5.41, 5.74) is 0.753. The molecule has 34 heavy (non-hydrogen) atoms. The zero-order valence-electron chi connectivity index (χ0n) is 18.2. The molecule has 1 unspecified atom stereocenters. The van der Waals surface area contributed by atoms with Crippen LogP contribution in [0.5, 0.6) is 11.5 Å². The molecular weight excluding hydrogens is 454 g/mol. The van der Waals surface area contributed by atoms with Gasteiger partial charge in [-0.2, -0.15) is 5.26 Å². The zero-order valence-corrected chi connectivity index (χ0v) is 19.0. The SMILES string of the molecule is N#CCNC(=O)C(CS(=O)(=O)Cc1ccccc1)NC(=O)c1cccc(Oc2ccccc2)c1. The Kier molecular flexibility index (Phi) is 8.37. The lowest BCUT2D eigenvalue weighted by atomic mass is 10.2. The minimum atomic E-state index is -3.76. The van der Waals surface area contributed by atoms with Crippen molar-refractivity contribution >= 4 is 21.7 Å². The van der Waals surface area contributed by atoms with Gasteiger partial charge in [-0.05, 0) is 35.9 Å². The maximum atomic E-state index is 12.9. The molecule has 174 valence electrons. The van der Waals surface area contributed by atoms with Gasteiger partial charge in [-0.15, -0.1) is 0 Å². The number of nitrogens with one attached hydrogen (secondary N) is 2. The average Bonchev–Trinajstić information content (AvgIpc) is 2.83. The Hall–Kier alpha value is -4.16. The summed E-state index contributed by atoms with van der Waals surface area (Å²) in [4.78, 5) is 25.4. The van der Waals surface area contributed by atoms with Gasteiger partial charge in [0.1, 0.15) is 24.1 Å². The molecule has 0 spiro atoms. The van der Waals surface area contributed by atoms with Crippen molar-refractivity contribution in [2.45, 2.75) is 11.8 Å². The van der Waals surface area contributed by atoms with E-state index in [-0.39, 0.29) is 17.9 Å². The van der Waals surface area contributed by atoms with E-state index in [1.165, 1.54) is 12.1 Å². The predicted molar refractivity (Wildman–Crippen MR) is 127 cm³/mol. The van der Waals surface area contributed by atoms with Crippen LogP contribution in [0.25, 0.3) is 0 Å². The molecule has 0 fully saturated rings. The van der Waals surface area contributed by atoms with Crippen molar-refractivity contribution in [2.75, 3.05) is 12.3 Å². The molecule has 0 bridgehead atoms. The lowest BCUT2D eigenvalue weighted by Gasteiger charge is -2.18. The van der Waals surface area contributed by atoms with Crippen LogP contribution < -0.4 is 15.4 Å². The maximum Gasteiger partial charge on any atom is 0.252 e. The summed E-state index contributed by atoms with van der Waals surface area (Å²) in [5, 5.41) is 13.5. The first-order chi connectivity index (χ1) is 16.4. The fourth-order valence-corrected chi connectivity index (χ4v) is 4.70. The number of benzene rings is 3. The standard InChI is InChI=1S/C25H23N3O5S/c26-14-15-27-25(30)23(18-34(31,32)17-19-8-3-1-4-9-19)28-24(29)20-10-7-13-22(16-20)33-21-11-5-2-6-12-21/h1-13,16,23H,15,17-18H2,(H,27,30)(H,28,29). The normalized spacial score (nSPS) is 11.6. The van der Waals surface area contributed by atoms with Crippen molar-refractivity contribution in [3.8, 4) is 17.6 Å². The Balaban J connectivity index is 1.75. The summed E-state index contributed by atoms with van der Waals surface area (Å²) in [6, 6.07) is 24.2. The number of carbonyl (C=O) groups is 2. The van der Waals surface area contributed by atoms with E-state index in [1.54, 1.807) is 60.7 Å². The molecule has 0 heterocycles. The Morgan fingerprint density at radius 2 is 1.56 bits per heavy atom. The minimum absolute atomic E-state index is 0.187. The summed E-state index contributed by atoms with van der Waals surface area (Å²) in [6.45, 7) is -0.315. The van der Waals surface area contributed by atoms with Gasteiger partial charge in [0.2, 0.25) is 5.91 Å². The molecule has 8 nitrogen and oxygen atoms in total. The second kappa shape index (κ2) is 11.6. The Morgan fingerprint density at radius 3 is 2.24 bits per heavy atom. The Morgan fingerprint density at radius 1 is 0.912 bits per heavy atom. The van der Waals surface area contributed by atoms with Crippen LogP contribution in [-0.4, -0.2) is 38.6 Å². The van der Waals surface area contributed by atoms with Gasteiger partial charge in [-0.1, -0.05) is 54.6 Å². The molecule has 3 aromatic carbocycles. The van der Waals surface area contributed by atoms with Crippen molar-refractivity contribution in [3.05, 3.63) is 96.1 Å². The number of rotatable bonds is 10. The van der Waals surface area contributed by atoms with Crippen LogP contribution >= 0.6 is 0 Å². The summed E-state index contributed by atoms with van der Waals surface area (Å²) >= 11 is 0. The van der Waals surface area contributed by atoms with Gasteiger partial charge in [0.15, 0.2) is 9.84 Å². The summed E-state index contributed by atoms with van der Waals surface area (Å²) in [6.07, 6.45) is 0. The second-order valence-corrected chi connectivity index (χ2v) is 9.49. The van der Waals surface area contributed by atoms with Crippen LogP contribution in [0.3, 0.4) is 0 Å². The molecule has 0 aliphatic heterocycles. The third-order valence-corrected chi connectivity index (χ3v) is 6.30. The lowest BCUT2D eigenvalue weighted by Crippen LogP contribution is -2.50. The highest BCUT2D eigenvalue weighted by Crippen LogP contribution is 2.22. The van der Waals surface area contributed by atoms with Crippen molar-refractivity contribution in [2.24, 2.45) is 0 Å². The zero-order chi connectivity index (χ0) is 24.4. The first kappa shape index (κ1) is 24.5. The molecule has 3 aromatic rings. The highest BCUT2D eigenvalue weighted by Gasteiger charge is 2.28. The monoisotopic (exact) mass is 477 g/mol. The highest BCUT2D eigenvalue weighted by atomic mass is 32.2. The van der Waals surface area contributed by atoms with Gasteiger partial charge >= 0.3 is 0 Å². The third kappa shape index (κ3) is 7.46. The third-order valence-electron chi connectivity index (χ3n) is 4.69. The van der Waals surface area contributed by atoms with Crippen LogP contribution in [0.4, 0.5) is 0 Å². The number of nitriles is 1. The van der Waals surface area contributed by atoms with E-state index in [1.807, 2.05) is 18.2 Å². The van der Waals surface area contributed by atoms with Crippen LogP contribution in [0.15, 0.2) is 84.9 Å². The van der Waals surface area contributed by atoms with E-state index in [0.29, 0.717) is 17.1 Å². The minimum Gasteiger partial charge on any atom is -0.457 e. The van der Waals surface area contributed by atoms with Gasteiger partial charge in [0.05, 0.1) is 17.6 Å². The van der Waals surface area contributed by atoms with Crippen LogP contribution in [0.1, 0.15) is 15.9 Å². The molecule has 1 atom stereocenters. The second-order valence-electron chi connectivity index (χ2n) is 7.39. The molecule has 0 radical (unpaired) electrons. The highest BCUT2D eigenvalue weighted by molar-refractivity contribution is 7.90. The lowest BCUT2D eigenvalue weighted by molar-refractivity contribution is -0.122. The number of hydrogen-bond donors (Lipinski definition) is 2. The van der Waals surface area contributed by atoms with E-state index in [2.05, 4.69) is 10.6 Å². The van der Waals surface area contributed by atoms with E-state index in [9.17, 15) is 18.0 Å². The molecule has 2 amide bonds. The fraction of sp³-hybridized carbons (Fsp3) is 0.160. The van der Waals surface area contributed by atoms with Crippen LogP contribution in [-0.2, 0) is 20.4 Å². The van der Waals surface area contributed by atoms with Crippen LogP contribution in [0, 0.1) is 11.3 Å². The number of ether oxygens (including phenoxy) is 1. The molecule has 0 aromatic heterocycles. The number of nitrogens with zero attached hydrogens (tertiary/aromatic N) is 1. The smallest absolute Gasteiger partial charge is 0.252 e. The molecule has 0 saturated carbocycles. The van der Waals surface area contributed by atoms with E-state index >= 15 is 0 Å². The number of sulfone groups is 1. The van der Waals surface area contributed by atoms with Gasteiger partial charge in [0, 0.05) is 5.56 Å². The summed E-state index contributed by atoms with van der Waals surface area (Å²) in [7, 11) is -3.76. The summed E-state index contributed by atoms with van der Waals surface area (Å²) in [5.74, 6) is -1.33. The van der Waals surface area contributed by atoms with E-state index in [4.69, 9.17) is 10.00 Å². The molecule has 0 aliphatic carbocycles. The Bertz CT molecular complexity index is 1270. The molecular formula is C25H23N3O5S. The first-order valence-electron chi connectivity index (χ1n) is 10.4. The van der Waals surface area contributed by atoms with Crippen molar-refractivity contribution in [3.63, 3.8) is 0 Å². The van der Waals surface area contributed by atoms with Crippen molar-refractivity contribution < 1.29 is 22.7 Å². The molecule has 9 heteroatoms. The summed E-state index contributed by atoms with van der Waals surface area (Å²) < 4.78 is 31.2. The molecule has 0 saturated heterocycles. The topological polar surface area (TPSA) is 125 Å². The number of para-hydroxylation sites is 1. The maximum absolute atomic E-state index is 12.9. The molecule has 0 aliphatic rings. The van der Waals surface area contributed by atoms with Gasteiger partial charge in [0.25, 0.3) is 5.91 Å². The van der Waals surface area contributed by atoms with Gasteiger partial charge < -0.3 is 15.4 Å². The van der Waals surface area contributed by atoms with Gasteiger partial charge in [-0.25, -0.2) is 8.42 Å². The number of amides is 2. The van der Waals surface area contributed by atoms with Crippen molar-refractivity contribution in [1.29, 1.82) is 5.26 Å². The van der Waals surface area contributed by atoms with Crippen molar-refractivity contribution in [1.82, 2.24) is 10.6 Å². The van der Waals surface area contributed by atoms with E-state index < -0.39 is 33.4 Å². The number of hydrogen-bond acceptors (Lipinski definition) is 6. The average molecular weight is 478 g/mol. The van der Waals surface area contributed by atoms with E-state index in [0.717, 1.165) is 0 Å². The predicted octanol–water partition coefficient (Wildman–Crippen LogP) is 2.83.